The third-order valence-corrected chi connectivity index (χ3v) is 4.83. The number of hydrogen-bond acceptors (Lipinski definition) is 4. The first-order chi connectivity index (χ1) is 13.5. The van der Waals surface area contributed by atoms with Gasteiger partial charge in [0.25, 0.3) is 5.69 Å². The van der Waals surface area contributed by atoms with Gasteiger partial charge in [0.15, 0.2) is 11.9 Å². The number of ketones is 1. The fraction of sp³-hybridized carbons (Fsp3) is 0.0455. The molecule has 0 bridgehead atoms. The molecule has 0 radical (unpaired) electrons. The summed E-state index contributed by atoms with van der Waals surface area (Å²) in [6.45, 7) is 0. The lowest BCUT2D eigenvalue weighted by Crippen LogP contribution is -2.23. The quantitative estimate of drug-likeness (QED) is 0.328. The van der Waals surface area contributed by atoms with Gasteiger partial charge < -0.3 is 4.74 Å². The van der Waals surface area contributed by atoms with Gasteiger partial charge in [0.05, 0.1) is 10.5 Å². The first-order valence-corrected chi connectivity index (χ1v) is 8.93. The SMILES string of the molecule is O=C1C(=Cc2ccc(Cl)c([N+](=O)[O-])c2)C(c2ccccc2)Oc2ccccc21. The molecule has 1 heterocycles. The molecule has 0 aliphatic carbocycles. The zero-order chi connectivity index (χ0) is 19.7. The maximum absolute atomic E-state index is 13.2. The molecule has 1 atom stereocenters. The first kappa shape index (κ1) is 17.9. The zero-order valence-corrected chi connectivity index (χ0v) is 15.3. The van der Waals surface area contributed by atoms with E-state index in [0.29, 0.717) is 22.4 Å². The first-order valence-electron chi connectivity index (χ1n) is 8.55. The van der Waals surface area contributed by atoms with E-state index in [9.17, 15) is 14.9 Å². The second kappa shape index (κ2) is 7.29. The average molecular weight is 392 g/mol. The summed E-state index contributed by atoms with van der Waals surface area (Å²) >= 11 is 5.90. The smallest absolute Gasteiger partial charge is 0.288 e. The molecular weight excluding hydrogens is 378 g/mol. The normalized spacial score (nSPS) is 17.1. The fourth-order valence-corrected chi connectivity index (χ4v) is 3.36. The lowest BCUT2D eigenvalue weighted by atomic mass is 9.89. The van der Waals surface area contributed by atoms with Crippen LogP contribution in [0, 0.1) is 10.1 Å². The van der Waals surface area contributed by atoms with Crippen molar-refractivity contribution in [3.05, 3.63) is 110 Å². The Labute approximate surface area is 166 Å². The topological polar surface area (TPSA) is 69.4 Å². The van der Waals surface area contributed by atoms with Crippen molar-refractivity contribution in [2.24, 2.45) is 0 Å². The number of carbonyl (C=O) groups is 1. The van der Waals surface area contributed by atoms with Crippen LogP contribution in [0.25, 0.3) is 6.08 Å². The van der Waals surface area contributed by atoms with Crippen LogP contribution in [0.2, 0.25) is 5.02 Å². The highest BCUT2D eigenvalue weighted by Crippen LogP contribution is 2.39. The number of rotatable bonds is 3. The number of halogens is 1. The number of nitro groups is 1. The Bertz CT molecular complexity index is 1110. The summed E-state index contributed by atoms with van der Waals surface area (Å²) in [5.41, 5.74) is 1.98. The number of hydrogen-bond donors (Lipinski definition) is 0. The molecule has 0 saturated carbocycles. The van der Waals surface area contributed by atoms with E-state index >= 15 is 0 Å². The van der Waals surface area contributed by atoms with Crippen molar-refractivity contribution in [1.29, 1.82) is 0 Å². The molecule has 3 aromatic carbocycles. The van der Waals surface area contributed by atoms with Crippen molar-refractivity contribution in [1.82, 2.24) is 0 Å². The molecule has 0 saturated heterocycles. The summed E-state index contributed by atoms with van der Waals surface area (Å²) < 4.78 is 6.13. The highest BCUT2D eigenvalue weighted by Gasteiger charge is 2.32. The van der Waals surface area contributed by atoms with Gasteiger partial charge in [-0.15, -0.1) is 0 Å². The van der Waals surface area contributed by atoms with E-state index in [1.807, 2.05) is 36.4 Å². The predicted molar refractivity (Wildman–Crippen MR) is 107 cm³/mol. The fourth-order valence-electron chi connectivity index (χ4n) is 3.18. The molecule has 0 fully saturated rings. The van der Waals surface area contributed by atoms with Crippen molar-refractivity contribution in [2.45, 2.75) is 6.10 Å². The number of ether oxygens (including phenoxy) is 1. The number of carbonyl (C=O) groups excluding carboxylic acids is 1. The summed E-state index contributed by atoms with van der Waals surface area (Å²) in [7, 11) is 0. The monoisotopic (exact) mass is 391 g/mol. The molecule has 28 heavy (non-hydrogen) atoms. The Kier molecular flexibility index (Phi) is 4.67. The molecule has 0 N–H and O–H groups in total. The number of benzene rings is 3. The lowest BCUT2D eigenvalue weighted by molar-refractivity contribution is -0.384. The summed E-state index contributed by atoms with van der Waals surface area (Å²) in [6.07, 6.45) is 1.01. The second-order valence-electron chi connectivity index (χ2n) is 6.30. The Balaban J connectivity index is 1.86. The highest BCUT2D eigenvalue weighted by molar-refractivity contribution is 6.32. The van der Waals surface area contributed by atoms with Gasteiger partial charge in [0, 0.05) is 11.6 Å². The van der Waals surface area contributed by atoms with Crippen LogP contribution in [0.4, 0.5) is 5.69 Å². The molecule has 5 nitrogen and oxygen atoms in total. The van der Waals surface area contributed by atoms with Crippen LogP contribution in [0.5, 0.6) is 5.75 Å². The summed E-state index contributed by atoms with van der Waals surface area (Å²) in [5, 5.41) is 11.2. The number of Topliss-reactive ketones (excluding diaryl/α,β-unsaturated/α-hetero) is 1. The van der Waals surface area contributed by atoms with Crippen molar-refractivity contribution >= 4 is 29.1 Å². The molecule has 3 aromatic rings. The molecular formula is C22H14ClNO4. The van der Waals surface area contributed by atoms with Crippen LogP contribution in [-0.2, 0) is 0 Å². The number of nitrogens with zero attached hydrogens (tertiary/aromatic N) is 1. The Morgan fingerprint density at radius 1 is 1.00 bits per heavy atom. The van der Waals surface area contributed by atoms with Crippen LogP contribution in [0.1, 0.15) is 27.6 Å². The van der Waals surface area contributed by atoms with Crippen LogP contribution in [-0.4, -0.2) is 10.7 Å². The van der Waals surface area contributed by atoms with Crippen LogP contribution in [0.3, 0.4) is 0 Å². The van der Waals surface area contributed by atoms with E-state index in [2.05, 4.69) is 0 Å². The number of para-hydroxylation sites is 1. The average Bonchev–Trinajstić information content (AvgIpc) is 2.71. The molecule has 138 valence electrons. The van der Waals surface area contributed by atoms with E-state index in [1.54, 1.807) is 30.3 Å². The third kappa shape index (κ3) is 3.28. The predicted octanol–water partition coefficient (Wildman–Crippen LogP) is 5.65. The van der Waals surface area contributed by atoms with Gasteiger partial charge in [-0.2, -0.15) is 0 Å². The van der Waals surface area contributed by atoms with Gasteiger partial charge in [-0.3, -0.25) is 14.9 Å². The van der Waals surface area contributed by atoms with Gasteiger partial charge in [-0.1, -0.05) is 60.1 Å². The van der Waals surface area contributed by atoms with Gasteiger partial charge in [-0.25, -0.2) is 0 Å². The minimum Gasteiger partial charge on any atom is -0.480 e. The van der Waals surface area contributed by atoms with Gasteiger partial charge in [0.1, 0.15) is 10.8 Å². The molecule has 0 amide bonds. The number of nitro benzene ring substituents is 1. The Morgan fingerprint density at radius 3 is 2.46 bits per heavy atom. The summed E-state index contributed by atoms with van der Waals surface area (Å²) in [6, 6.07) is 20.9. The van der Waals surface area contributed by atoms with E-state index in [-0.39, 0.29) is 16.5 Å². The molecule has 4 rings (SSSR count). The number of fused-ring (bicyclic) bond motifs is 1. The van der Waals surface area contributed by atoms with E-state index < -0.39 is 11.0 Å². The van der Waals surface area contributed by atoms with Crippen molar-refractivity contribution < 1.29 is 14.5 Å². The zero-order valence-electron chi connectivity index (χ0n) is 14.5. The maximum atomic E-state index is 13.2. The van der Waals surface area contributed by atoms with Crippen molar-refractivity contribution in [3.63, 3.8) is 0 Å². The minimum absolute atomic E-state index is 0.0447. The third-order valence-electron chi connectivity index (χ3n) is 4.51. The van der Waals surface area contributed by atoms with Crippen LogP contribution in [0.15, 0.2) is 78.4 Å². The van der Waals surface area contributed by atoms with Gasteiger partial charge in [0.2, 0.25) is 0 Å². The van der Waals surface area contributed by atoms with Crippen LogP contribution < -0.4 is 4.74 Å². The van der Waals surface area contributed by atoms with Gasteiger partial charge in [-0.05, 0) is 35.4 Å². The molecule has 1 aliphatic rings. The minimum atomic E-state index is -0.613. The highest BCUT2D eigenvalue weighted by atomic mass is 35.5. The molecule has 1 aliphatic heterocycles. The summed E-state index contributed by atoms with van der Waals surface area (Å²) in [5.74, 6) is 0.342. The lowest BCUT2D eigenvalue weighted by Gasteiger charge is -2.28. The molecule has 0 spiro atoms. The molecule has 0 aromatic heterocycles. The van der Waals surface area contributed by atoms with Crippen LogP contribution >= 0.6 is 11.6 Å². The standard InChI is InChI=1S/C22H14ClNO4/c23-18-11-10-14(13-19(18)24(26)27)12-17-21(25)16-8-4-5-9-20(16)28-22(17)15-6-2-1-3-7-15/h1-13,22H. The Morgan fingerprint density at radius 2 is 1.71 bits per heavy atom. The van der Waals surface area contributed by atoms with Gasteiger partial charge >= 0.3 is 0 Å². The van der Waals surface area contributed by atoms with Crippen molar-refractivity contribution in [2.75, 3.05) is 0 Å². The molecule has 1 unspecified atom stereocenters. The molecule has 6 heteroatoms. The Hall–Kier alpha value is -3.44. The second-order valence-corrected chi connectivity index (χ2v) is 6.71. The summed E-state index contributed by atoms with van der Waals surface area (Å²) in [4.78, 5) is 23.8. The maximum Gasteiger partial charge on any atom is 0.288 e. The van der Waals surface area contributed by atoms with E-state index in [4.69, 9.17) is 16.3 Å². The largest absolute Gasteiger partial charge is 0.480 e. The van der Waals surface area contributed by atoms with E-state index in [0.717, 1.165) is 5.56 Å². The van der Waals surface area contributed by atoms with Crippen molar-refractivity contribution in [3.8, 4) is 5.75 Å². The van der Waals surface area contributed by atoms with E-state index in [1.165, 1.54) is 12.1 Å².